The average molecular weight is 162 g/mol. The van der Waals surface area contributed by atoms with Crippen molar-refractivity contribution in [2.45, 2.75) is 6.42 Å². The van der Waals surface area contributed by atoms with Gasteiger partial charge in [0.25, 0.3) is 0 Å². The van der Waals surface area contributed by atoms with Gasteiger partial charge in [-0.2, -0.15) is 5.26 Å². The molecule has 0 saturated carbocycles. The van der Waals surface area contributed by atoms with Gasteiger partial charge in [-0.1, -0.05) is 6.07 Å². The van der Waals surface area contributed by atoms with E-state index in [1.54, 1.807) is 12.1 Å². The lowest BCUT2D eigenvalue weighted by atomic mass is 10.2. The molecule has 0 aliphatic rings. The lowest BCUT2D eigenvalue weighted by Gasteiger charge is -1.95. The molecule has 60 valence electrons. The van der Waals surface area contributed by atoms with E-state index in [1.165, 1.54) is 6.07 Å². The molecule has 0 aromatic carbocycles. The van der Waals surface area contributed by atoms with Crippen LogP contribution in [0, 0.1) is 11.3 Å². The van der Waals surface area contributed by atoms with Gasteiger partial charge in [0.05, 0.1) is 18.2 Å². The highest BCUT2D eigenvalue weighted by Crippen LogP contribution is 1.99. The summed E-state index contributed by atoms with van der Waals surface area (Å²) < 4.78 is 0. The molecule has 1 aromatic heterocycles. The van der Waals surface area contributed by atoms with Crippen molar-refractivity contribution in [1.29, 1.82) is 5.26 Å². The number of carboxylic acids is 1. The molecule has 4 heteroatoms. The standard InChI is InChI=1S/C8H6N2O2/c9-5-4-6-2-1-3-7(10-6)8(11)12/h1-3H,4H2,(H,11,12). The molecular formula is C8H6N2O2. The van der Waals surface area contributed by atoms with Crippen molar-refractivity contribution in [2.75, 3.05) is 0 Å². The van der Waals surface area contributed by atoms with Gasteiger partial charge in [0, 0.05) is 0 Å². The molecule has 0 fully saturated rings. The van der Waals surface area contributed by atoms with Crippen LogP contribution in [0.3, 0.4) is 0 Å². The van der Waals surface area contributed by atoms with E-state index >= 15 is 0 Å². The Hall–Kier alpha value is -1.89. The third-order valence-electron chi connectivity index (χ3n) is 1.29. The van der Waals surface area contributed by atoms with Crippen molar-refractivity contribution in [3.8, 4) is 6.07 Å². The Morgan fingerprint density at radius 3 is 3.00 bits per heavy atom. The van der Waals surface area contributed by atoms with E-state index in [0.29, 0.717) is 5.69 Å². The first kappa shape index (κ1) is 8.21. The Morgan fingerprint density at radius 2 is 2.42 bits per heavy atom. The van der Waals surface area contributed by atoms with Gasteiger partial charge < -0.3 is 5.11 Å². The van der Waals surface area contributed by atoms with Gasteiger partial charge in [0.15, 0.2) is 0 Å². The van der Waals surface area contributed by atoms with E-state index in [9.17, 15) is 4.79 Å². The molecule has 0 saturated heterocycles. The molecule has 0 spiro atoms. The Morgan fingerprint density at radius 1 is 1.67 bits per heavy atom. The fourth-order valence-corrected chi connectivity index (χ4v) is 0.778. The maximum absolute atomic E-state index is 10.4. The van der Waals surface area contributed by atoms with Crippen molar-refractivity contribution >= 4 is 5.97 Å². The molecule has 0 aliphatic carbocycles. The van der Waals surface area contributed by atoms with Gasteiger partial charge in [-0.3, -0.25) is 0 Å². The number of hydrogen-bond donors (Lipinski definition) is 1. The first-order valence-corrected chi connectivity index (χ1v) is 3.30. The Labute approximate surface area is 69.1 Å². The van der Waals surface area contributed by atoms with Crippen LogP contribution in [0.15, 0.2) is 18.2 Å². The first-order valence-electron chi connectivity index (χ1n) is 3.30. The van der Waals surface area contributed by atoms with Crippen molar-refractivity contribution in [1.82, 2.24) is 4.98 Å². The molecule has 0 amide bonds. The number of nitriles is 1. The fourth-order valence-electron chi connectivity index (χ4n) is 0.778. The summed E-state index contributed by atoms with van der Waals surface area (Å²) in [5.41, 5.74) is 0.458. The number of rotatable bonds is 2. The van der Waals surface area contributed by atoms with Gasteiger partial charge in [-0.15, -0.1) is 0 Å². The Balaban J connectivity index is 2.97. The highest BCUT2D eigenvalue weighted by Gasteiger charge is 2.03. The molecule has 1 N–H and O–H groups in total. The zero-order valence-corrected chi connectivity index (χ0v) is 6.19. The summed E-state index contributed by atoms with van der Waals surface area (Å²) in [5, 5.41) is 16.8. The van der Waals surface area contributed by atoms with Crippen LogP contribution < -0.4 is 0 Å². The predicted octanol–water partition coefficient (Wildman–Crippen LogP) is 0.846. The summed E-state index contributed by atoms with van der Waals surface area (Å²) in [6.45, 7) is 0. The number of carboxylic acid groups (broad SMARTS) is 1. The minimum Gasteiger partial charge on any atom is -0.477 e. The van der Waals surface area contributed by atoms with E-state index in [2.05, 4.69) is 4.98 Å². The van der Waals surface area contributed by atoms with Gasteiger partial charge in [-0.25, -0.2) is 9.78 Å². The molecule has 1 rings (SSSR count). The predicted molar refractivity (Wildman–Crippen MR) is 40.5 cm³/mol. The van der Waals surface area contributed by atoms with Crippen LogP contribution in [0.1, 0.15) is 16.2 Å². The molecular weight excluding hydrogens is 156 g/mol. The molecule has 0 bridgehead atoms. The Bertz CT molecular complexity index is 341. The summed E-state index contributed by atoms with van der Waals surface area (Å²) >= 11 is 0. The maximum Gasteiger partial charge on any atom is 0.354 e. The highest BCUT2D eigenvalue weighted by molar-refractivity contribution is 5.85. The normalized spacial score (nSPS) is 8.92. The van der Waals surface area contributed by atoms with Crippen molar-refractivity contribution in [2.24, 2.45) is 0 Å². The fraction of sp³-hybridized carbons (Fsp3) is 0.125. The summed E-state index contributed by atoms with van der Waals surface area (Å²) in [5.74, 6) is -1.07. The molecule has 0 radical (unpaired) electrons. The van der Waals surface area contributed by atoms with Crippen LogP contribution in [-0.2, 0) is 6.42 Å². The van der Waals surface area contributed by atoms with Crippen LogP contribution in [0.25, 0.3) is 0 Å². The molecule has 1 heterocycles. The number of aromatic nitrogens is 1. The van der Waals surface area contributed by atoms with Gasteiger partial charge >= 0.3 is 5.97 Å². The van der Waals surface area contributed by atoms with E-state index in [0.717, 1.165) is 0 Å². The smallest absolute Gasteiger partial charge is 0.354 e. The second kappa shape index (κ2) is 3.49. The summed E-state index contributed by atoms with van der Waals surface area (Å²) in [7, 11) is 0. The quantitative estimate of drug-likeness (QED) is 0.699. The third kappa shape index (κ3) is 1.80. The van der Waals surface area contributed by atoms with Crippen LogP contribution in [0.4, 0.5) is 0 Å². The molecule has 1 aromatic rings. The maximum atomic E-state index is 10.4. The van der Waals surface area contributed by atoms with E-state index in [1.807, 2.05) is 6.07 Å². The molecule has 4 nitrogen and oxygen atoms in total. The summed E-state index contributed by atoms with van der Waals surface area (Å²) in [4.78, 5) is 14.2. The molecule has 0 unspecified atom stereocenters. The topological polar surface area (TPSA) is 74.0 Å². The molecule has 0 aliphatic heterocycles. The zero-order valence-electron chi connectivity index (χ0n) is 6.19. The van der Waals surface area contributed by atoms with Gasteiger partial charge in [0.2, 0.25) is 0 Å². The highest BCUT2D eigenvalue weighted by atomic mass is 16.4. The average Bonchev–Trinajstić information content (AvgIpc) is 2.05. The van der Waals surface area contributed by atoms with E-state index in [4.69, 9.17) is 10.4 Å². The monoisotopic (exact) mass is 162 g/mol. The lowest BCUT2D eigenvalue weighted by molar-refractivity contribution is 0.0690. The van der Waals surface area contributed by atoms with Gasteiger partial charge in [0.1, 0.15) is 5.69 Å². The van der Waals surface area contributed by atoms with E-state index in [-0.39, 0.29) is 12.1 Å². The van der Waals surface area contributed by atoms with E-state index < -0.39 is 5.97 Å². The molecule has 0 atom stereocenters. The third-order valence-corrected chi connectivity index (χ3v) is 1.29. The number of nitrogens with zero attached hydrogens (tertiary/aromatic N) is 2. The number of hydrogen-bond acceptors (Lipinski definition) is 3. The Kier molecular flexibility index (Phi) is 2.38. The van der Waals surface area contributed by atoms with Crippen molar-refractivity contribution in [3.05, 3.63) is 29.6 Å². The van der Waals surface area contributed by atoms with Crippen molar-refractivity contribution in [3.63, 3.8) is 0 Å². The van der Waals surface area contributed by atoms with Gasteiger partial charge in [-0.05, 0) is 12.1 Å². The van der Waals surface area contributed by atoms with Crippen molar-refractivity contribution < 1.29 is 9.90 Å². The SMILES string of the molecule is N#CCc1cccc(C(=O)O)n1. The van der Waals surface area contributed by atoms with Crippen LogP contribution in [0.2, 0.25) is 0 Å². The van der Waals surface area contributed by atoms with Crippen LogP contribution >= 0.6 is 0 Å². The minimum absolute atomic E-state index is 0.0252. The minimum atomic E-state index is -1.07. The second-order valence-corrected chi connectivity index (χ2v) is 2.15. The summed E-state index contributed by atoms with van der Waals surface area (Å²) in [6, 6.07) is 6.48. The van der Waals surface area contributed by atoms with Crippen LogP contribution in [0.5, 0.6) is 0 Å². The van der Waals surface area contributed by atoms with Crippen LogP contribution in [-0.4, -0.2) is 16.1 Å². The largest absolute Gasteiger partial charge is 0.477 e. The molecule has 12 heavy (non-hydrogen) atoms. The summed E-state index contributed by atoms with van der Waals surface area (Å²) in [6.07, 6.45) is 0.140. The number of aromatic carboxylic acids is 1. The zero-order chi connectivity index (χ0) is 8.97. The number of carbonyl (C=O) groups is 1. The lowest BCUT2D eigenvalue weighted by Crippen LogP contribution is -2.01. The second-order valence-electron chi connectivity index (χ2n) is 2.15. The first-order chi connectivity index (χ1) is 5.74. The number of pyridine rings is 1.